The first-order chi connectivity index (χ1) is 13.6. The molecule has 0 spiro atoms. The number of aliphatic imine (C=N–C) groups is 1. The van der Waals surface area contributed by atoms with E-state index in [1.807, 2.05) is 36.4 Å². The first kappa shape index (κ1) is 19.9. The number of hydrogen-bond acceptors (Lipinski definition) is 4. The van der Waals surface area contributed by atoms with Crippen molar-refractivity contribution in [1.29, 1.82) is 0 Å². The van der Waals surface area contributed by atoms with Gasteiger partial charge in [0.05, 0.1) is 24.4 Å². The summed E-state index contributed by atoms with van der Waals surface area (Å²) in [6.07, 6.45) is 1.74. The number of methoxy groups -OCH3 is 2. The van der Waals surface area contributed by atoms with E-state index in [-0.39, 0.29) is 12.4 Å². The van der Waals surface area contributed by atoms with Gasteiger partial charge in [-0.15, -0.1) is 0 Å². The van der Waals surface area contributed by atoms with E-state index in [9.17, 15) is 4.39 Å². The van der Waals surface area contributed by atoms with Gasteiger partial charge < -0.3 is 14.2 Å². The number of rotatable bonds is 7. The second-order valence-electron chi connectivity index (χ2n) is 5.91. The molecule has 0 bridgehead atoms. The summed E-state index contributed by atoms with van der Waals surface area (Å²) in [4.78, 5) is 4.46. The molecule has 3 aromatic carbocycles. The Labute approximate surface area is 171 Å². The van der Waals surface area contributed by atoms with Crippen molar-refractivity contribution in [2.75, 3.05) is 14.2 Å². The summed E-state index contributed by atoms with van der Waals surface area (Å²) in [5, 5.41) is 0. The van der Waals surface area contributed by atoms with Crippen LogP contribution in [-0.4, -0.2) is 20.4 Å². The minimum atomic E-state index is -0.294. The van der Waals surface area contributed by atoms with Crippen molar-refractivity contribution in [3.63, 3.8) is 0 Å². The van der Waals surface area contributed by atoms with Crippen molar-refractivity contribution in [2.45, 2.75) is 6.61 Å². The second kappa shape index (κ2) is 9.37. The van der Waals surface area contributed by atoms with Gasteiger partial charge in [0.2, 0.25) is 0 Å². The van der Waals surface area contributed by atoms with E-state index in [1.54, 1.807) is 32.6 Å². The SMILES string of the molecule is COc1ccc(N=Cc2cc(Br)c(OCc3cccc(F)c3)c(OC)c2)cc1. The topological polar surface area (TPSA) is 40.0 Å². The van der Waals surface area contributed by atoms with Gasteiger partial charge in [-0.25, -0.2) is 4.39 Å². The number of halogens is 2. The summed E-state index contributed by atoms with van der Waals surface area (Å²) in [5.41, 5.74) is 2.39. The van der Waals surface area contributed by atoms with Gasteiger partial charge >= 0.3 is 0 Å². The average molecular weight is 444 g/mol. The molecule has 3 aromatic rings. The molecule has 6 heteroatoms. The normalized spacial score (nSPS) is 10.9. The number of nitrogens with zero attached hydrogens (tertiary/aromatic N) is 1. The zero-order valence-corrected chi connectivity index (χ0v) is 17.1. The summed E-state index contributed by atoms with van der Waals surface area (Å²) in [5.74, 6) is 1.59. The van der Waals surface area contributed by atoms with Crippen LogP contribution in [0.4, 0.5) is 10.1 Å². The van der Waals surface area contributed by atoms with E-state index in [0.717, 1.165) is 27.0 Å². The molecule has 28 heavy (non-hydrogen) atoms. The molecule has 4 nitrogen and oxygen atoms in total. The van der Waals surface area contributed by atoms with Gasteiger partial charge in [0.1, 0.15) is 18.2 Å². The lowest BCUT2D eigenvalue weighted by Crippen LogP contribution is -2.00. The Bertz CT molecular complexity index is 974. The van der Waals surface area contributed by atoms with Gasteiger partial charge in [-0.2, -0.15) is 0 Å². The van der Waals surface area contributed by atoms with Crippen molar-refractivity contribution < 1.29 is 18.6 Å². The maximum atomic E-state index is 13.3. The Morgan fingerprint density at radius 2 is 1.79 bits per heavy atom. The Kier molecular flexibility index (Phi) is 6.66. The number of ether oxygens (including phenoxy) is 3. The van der Waals surface area contributed by atoms with Crippen molar-refractivity contribution in [3.8, 4) is 17.2 Å². The number of hydrogen-bond donors (Lipinski definition) is 0. The first-order valence-corrected chi connectivity index (χ1v) is 9.31. The van der Waals surface area contributed by atoms with Crippen LogP contribution in [0.25, 0.3) is 0 Å². The molecule has 0 saturated carbocycles. The summed E-state index contributed by atoms with van der Waals surface area (Å²) in [6, 6.07) is 17.5. The molecule has 0 radical (unpaired) electrons. The molecule has 0 unspecified atom stereocenters. The molecule has 0 fully saturated rings. The summed E-state index contributed by atoms with van der Waals surface area (Å²) in [6.45, 7) is 0.228. The third-order valence-electron chi connectivity index (χ3n) is 3.96. The van der Waals surface area contributed by atoms with E-state index in [0.29, 0.717) is 11.5 Å². The molecular weight excluding hydrogens is 425 g/mol. The number of benzene rings is 3. The molecular formula is C22H19BrFNO3. The summed E-state index contributed by atoms with van der Waals surface area (Å²) >= 11 is 3.51. The van der Waals surface area contributed by atoms with Crippen LogP contribution < -0.4 is 14.2 Å². The molecule has 0 aliphatic heterocycles. The Morgan fingerprint density at radius 3 is 2.46 bits per heavy atom. The Hall–Kier alpha value is -2.86. The summed E-state index contributed by atoms with van der Waals surface area (Å²) in [7, 11) is 3.20. The standard InChI is InChI=1S/C22H19BrFNO3/c1-26-19-8-6-18(7-9-19)25-13-16-11-20(23)22(21(12-16)27-2)28-14-15-4-3-5-17(24)10-15/h3-13H,14H2,1-2H3. The van der Waals surface area contributed by atoms with Gasteiger partial charge in [0.25, 0.3) is 0 Å². The van der Waals surface area contributed by atoms with Crippen LogP contribution >= 0.6 is 15.9 Å². The van der Waals surface area contributed by atoms with Gasteiger partial charge in [-0.05, 0) is 75.6 Å². The van der Waals surface area contributed by atoms with Crippen LogP contribution in [0.1, 0.15) is 11.1 Å². The Morgan fingerprint density at radius 1 is 1.00 bits per heavy atom. The molecule has 0 N–H and O–H groups in total. The minimum Gasteiger partial charge on any atom is -0.497 e. The van der Waals surface area contributed by atoms with Crippen molar-refractivity contribution in [3.05, 3.63) is 82.1 Å². The van der Waals surface area contributed by atoms with Crippen LogP contribution in [0.15, 0.2) is 70.1 Å². The van der Waals surface area contributed by atoms with Crippen molar-refractivity contribution in [2.24, 2.45) is 4.99 Å². The maximum absolute atomic E-state index is 13.3. The molecule has 144 valence electrons. The van der Waals surface area contributed by atoms with Crippen LogP contribution in [0.2, 0.25) is 0 Å². The van der Waals surface area contributed by atoms with E-state index < -0.39 is 0 Å². The van der Waals surface area contributed by atoms with Crippen LogP contribution in [0.5, 0.6) is 17.2 Å². The predicted octanol–water partition coefficient (Wildman–Crippen LogP) is 5.94. The van der Waals surface area contributed by atoms with Gasteiger partial charge in [0.15, 0.2) is 11.5 Å². The quantitative estimate of drug-likeness (QED) is 0.424. The third-order valence-corrected chi connectivity index (χ3v) is 4.55. The monoisotopic (exact) mass is 443 g/mol. The fraction of sp³-hybridized carbons (Fsp3) is 0.136. The molecule has 0 aliphatic carbocycles. The lowest BCUT2D eigenvalue weighted by Gasteiger charge is -2.13. The second-order valence-corrected chi connectivity index (χ2v) is 6.76. The van der Waals surface area contributed by atoms with Crippen LogP contribution in [0, 0.1) is 5.82 Å². The van der Waals surface area contributed by atoms with Crippen molar-refractivity contribution >= 4 is 27.8 Å². The molecule has 0 atom stereocenters. The fourth-order valence-electron chi connectivity index (χ4n) is 2.55. The first-order valence-electron chi connectivity index (χ1n) is 8.52. The van der Waals surface area contributed by atoms with E-state index in [2.05, 4.69) is 20.9 Å². The van der Waals surface area contributed by atoms with E-state index in [4.69, 9.17) is 14.2 Å². The predicted molar refractivity (Wildman–Crippen MR) is 112 cm³/mol. The molecule has 0 amide bonds. The molecule has 0 saturated heterocycles. The van der Waals surface area contributed by atoms with Crippen molar-refractivity contribution in [1.82, 2.24) is 0 Å². The van der Waals surface area contributed by atoms with E-state index in [1.165, 1.54) is 12.1 Å². The highest BCUT2D eigenvalue weighted by Crippen LogP contribution is 2.37. The fourth-order valence-corrected chi connectivity index (χ4v) is 3.13. The highest BCUT2D eigenvalue weighted by molar-refractivity contribution is 9.10. The molecule has 0 heterocycles. The minimum absolute atomic E-state index is 0.228. The van der Waals surface area contributed by atoms with Crippen LogP contribution in [-0.2, 0) is 6.61 Å². The van der Waals surface area contributed by atoms with Gasteiger partial charge in [-0.3, -0.25) is 4.99 Å². The zero-order chi connectivity index (χ0) is 19.9. The van der Waals surface area contributed by atoms with Crippen LogP contribution in [0.3, 0.4) is 0 Å². The smallest absolute Gasteiger partial charge is 0.175 e. The largest absolute Gasteiger partial charge is 0.497 e. The zero-order valence-electron chi connectivity index (χ0n) is 15.5. The maximum Gasteiger partial charge on any atom is 0.175 e. The molecule has 0 aromatic heterocycles. The lowest BCUT2D eigenvalue weighted by molar-refractivity contribution is 0.282. The molecule has 0 aliphatic rings. The van der Waals surface area contributed by atoms with Gasteiger partial charge in [0, 0.05) is 6.21 Å². The highest BCUT2D eigenvalue weighted by atomic mass is 79.9. The lowest BCUT2D eigenvalue weighted by atomic mass is 10.2. The van der Waals surface area contributed by atoms with E-state index >= 15 is 0 Å². The molecule has 3 rings (SSSR count). The Balaban J connectivity index is 1.77. The third kappa shape index (κ3) is 5.10. The summed E-state index contributed by atoms with van der Waals surface area (Å²) < 4.78 is 30.5. The van der Waals surface area contributed by atoms with Gasteiger partial charge in [-0.1, -0.05) is 12.1 Å². The highest BCUT2D eigenvalue weighted by Gasteiger charge is 2.12. The average Bonchev–Trinajstić information content (AvgIpc) is 2.71.